The molecule has 2 N–H and O–H groups in total. The quantitative estimate of drug-likeness (QED) is 0.834. The third-order valence-corrected chi connectivity index (χ3v) is 2.51. The predicted molar refractivity (Wildman–Crippen MR) is 63.3 cm³/mol. The highest BCUT2D eigenvalue weighted by atomic mass is 35.5. The van der Waals surface area contributed by atoms with Crippen molar-refractivity contribution in [1.82, 2.24) is 0 Å². The van der Waals surface area contributed by atoms with Crippen LogP contribution in [0.1, 0.15) is 6.92 Å². The van der Waals surface area contributed by atoms with E-state index in [0.717, 1.165) is 0 Å². The van der Waals surface area contributed by atoms with Gasteiger partial charge >= 0.3 is 5.97 Å². The van der Waals surface area contributed by atoms with E-state index in [1.165, 1.54) is 0 Å². The van der Waals surface area contributed by atoms with Crippen LogP contribution in [0.15, 0.2) is 18.2 Å². The number of hydrogen-bond donors (Lipinski definition) is 2. The Morgan fingerprint density at radius 2 is 2.31 bits per heavy atom. The Kier molecular flexibility index (Phi) is 4.43. The van der Waals surface area contributed by atoms with Crippen molar-refractivity contribution in [3.05, 3.63) is 23.2 Å². The lowest BCUT2D eigenvalue weighted by Gasteiger charge is -2.11. The number of methoxy groups -OCH3 is 1. The van der Waals surface area contributed by atoms with Gasteiger partial charge in [-0.15, -0.1) is 0 Å². The summed E-state index contributed by atoms with van der Waals surface area (Å²) in [5.74, 6) is -0.628. The van der Waals surface area contributed by atoms with E-state index in [2.05, 4.69) is 5.32 Å². The van der Waals surface area contributed by atoms with Gasteiger partial charge in [0.25, 0.3) is 0 Å². The third kappa shape index (κ3) is 3.31. The highest BCUT2D eigenvalue weighted by Crippen LogP contribution is 2.26. The number of carboxylic acid groups (broad SMARTS) is 1. The molecule has 0 spiro atoms. The molecule has 1 aromatic carbocycles. The van der Waals surface area contributed by atoms with E-state index in [1.54, 1.807) is 32.2 Å². The molecular formula is C11H14ClNO3. The molecule has 0 aromatic heterocycles. The Bertz CT molecular complexity index is 381. The van der Waals surface area contributed by atoms with Crippen molar-refractivity contribution in [2.24, 2.45) is 5.92 Å². The van der Waals surface area contributed by atoms with Crippen molar-refractivity contribution in [3.8, 4) is 5.75 Å². The number of ether oxygens (including phenoxy) is 1. The Morgan fingerprint density at radius 3 is 2.81 bits per heavy atom. The van der Waals surface area contributed by atoms with Gasteiger partial charge in [-0.2, -0.15) is 0 Å². The van der Waals surface area contributed by atoms with Gasteiger partial charge in [0, 0.05) is 12.6 Å². The molecule has 0 heterocycles. The number of rotatable bonds is 5. The first-order valence-corrected chi connectivity index (χ1v) is 5.22. The van der Waals surface area contributed by atoms with Crippen molar-refractivity contribution < 1.29 is 14.6 Å². The van der Waals surface area contributed by atoms with E-state index in [-0.39, 0.29) is 0 Å². The molecule has 88 valence electrons. The second-order valence-electron chi connectivity index (χ2n) is 3.47. The van der Waals surface area contributed by atoms with Crippen LogP contribution in [0.3, 0.4) is 0 Å². The summed E-state index contributed by atoms with van der Waals surface area (Å²) in [6.45, 7) is 1.97. The van der Waals surface area contributed by atoms with E-state index in [4.69, 9.17) is 21.4 Å². The van der Waals surface area contributed by atoms with Gasteiger partial charge in [0.1, 0.15) is 5.75 Å². The summed E-state index contributed by atoms with van der Waals surface area (Å²) in [5.41, 5.74) is 0.704. The van der Waals surface area contributed by atoms with Crippen LogP contribution < -0.4 is 10.1 Å². The third-order valence-electron chi connectivity index (χ3n) is 2.20. The molecule has 0 aliphatic heterocycles. The zero-order chi connectivity index (χ0) is 12.1. The van der Waals surface area contributed by atoms with E-state index in [0.29, 0.717) is 23.0 Å². The predicted octanol–water partition coefficient (Wildman–Crippen LogP) is 2.48. The molecular weight excluding hydrogens is 230 g/mol. The van der Waals surface area contributed by atoms with Crippen molar-refractivity contribution >= 4 is 23.3 Å². The largest absolute Gasteiger partial charge is 0.497 e. The number of benzene rings is 1. The second kappa shape index (κ2) is 5.61. The first-order valence-electron chi connectivity index (χ1n) is 4.84. The molecule has 4 nitrogen and oxygen atoms in total. The molecule has 0 aliphatic rings. The summed E-state index contributed by atoms with van der Waals surface area (Å²) >= 11 is 5.98. The van der Waals surface area contributed by atoms with Crippen molar-refractivity contribution in [3.63, 3.8) is 0 Å². The summed E-state index contributed by atoms with van der Waals surface area (Å²) in [6, 6.07) is 5.20. The summed E-state index contributed by atoms with van der Waals surface area (Å²) in [4.78, 5) is 10.6. The number of carbonyl (C=O) groups is 1. The minimum atomic E-state index is -0.836. The van der Waals surface area contributed by atoms with Crippen LogP contribution in [0.5, 0.6) is 5.75 Å². The lowest BCUT2D eigenvalue weighted by Crippen LogP contribution is -2.19. The minimum absolute atomic E-state index is 0.335. The normalized spacial score (nSPS) is 11.9. The molecule has 0 aliphatic carbocycles. The number of carboxylic acids is 1. The van der Waals surface area contributed by atoms with Gasteiger partial charge in [0.05, 0.1) is 23.7 Å². The Balaban J connectivity index is 2.64. The van der Waals surface area contributed by atoms with E-state index < -0.39 is 11.9 Å². The summed E-state index contributed by atoms with van der Waals surface area (Å²) in [7, 11) is 1.56. The average Bonchev–Trinajstić information content (AvgIpc) is 2.26. The van der Waals surface area contributed by atoms with Crippen LogP contribution in [-0.2, 0) is 4.79 Å². The molecule has 0 saturated heterocycles. The smallest absolute Gasteiger partial charge is 0.308 e. The average molecular weight is 244 g/mol. The number of hydrogen-bond acceptors (Lipinski definition) is 3. The van der Waals surface area contributed by atoms with Gasteiger partial charge in [-0.25, -0.2) is 0 Å². The molecule has 1 atom stereocenters. The fourth-order valence-electron chi connectivity index (χ4n) is 1.12. The molecule has 0 amide bonds. The van der Waals surface area contributed by atoms with Gasteiger partial charge in [0.2, 0.25) is 0 Å². The highest BCUT2D eigenvalue weighted by Gasteiger charge is 2.11. The number of halogens is 1. The van der Waals surface area contributed by atoms with Crippen molar-refractivity contribution in [2.75, 3.05) is 19.0 Å². The van der Waals surface area contributed by atoms with Gasteiger partial charge in [0.15, 0.2) is 0 Å². The molecule has 0 saturated carbocycles. The van der Waals surface area contributed by atoms with Crippen molar-refractivity contribution in [2.45, 2.75) is 6.92 Å². The van der Waals surface area contributed by atoms with Crippen LogP contribution in [-0.4, -0.2) is 24.7 Å². The van der Waals surface area contributed by atoms with E-state index in [1.807, 2.05) is 0 Å². The maximum atomic E-state index is 10.6. The lowest BCUT2D eigenvalue weighted by molar-refractivity contribution is -0.140. The van der Waals surface area contributed by atoms with Gasteiger partial charge in [-0.3, -0.25) is 4.79 Å². The fraction of sp³-hybridized carbons (Fsp3) is 0.364. The number of aliphatic carboxylic acids is 1. The molecule has 0 fully saturated rings. The Labute approximate surface area is 99.2 Å². The summed E-state index contributed by atoms with van der Waals surface area (Å²) in [6.07, 6.45) is 0. The van der Waals surface area contributed by atoms with Gasteiger partial charge in [-0.1, -0.05) is 18.5 Å². The van der Waals surface area contributed by atoms with Crippen molar-refractivity contribution in [1.29, 1.82) is 0 Å². The zero-order valence-electron chi connectivity index (χ0n) is 9.16. The Hall–Kier alpha value is -1.42. The second-order valence-corrected chi connectivity index (χ2v) is 3.87. The monoisotopic (exact) mass is 243 g/mol. The standard InChI is InChI=1S/C11H14ClNO3/c1-7(11(14)15)6-13-10-4-3-8(16-2)5-9(10)12/h3-5,7,13H,6H2,1-2H3,(H,14,15). The molecule has 0 bridgehead atoms. The van der Waals surface area contributed by atoms with Gasteiger partial charge < -0.3 is 15.2 Å². The lowest BCUT2D eigenvalue weighted by atomic mass is 10.2. The minimum Gasteiger partial charge on any atom is -0.497 e. The van der Waals surface area contributed by atoms with Crippen LogP contribution in [0.2, 0.25) is 5.02 Å². The molecule has 1 unspecified atom stereocenters. The maximum Gasteiger partial charge on any atom is 0.308 e. The number of nitrogens with one attached hydrogen (secondary N) is 1. The fourth-order valence-corrected chi connectivity index (χ4v) is 1.35. The van der Waals surface area contributed by atoms with E-state index in [9.17, 15) is 4.79 Å². The van der Waals surface area contributed by atoms with Crippen LogP contribution in [0, 0.1) is 5.92 Å². The first-order chi connectivity index (χ1) is 7.54. The topological polar surface area (TPSA) is 58.6 Å². The van der Waals surface area contributed by atoms with Crippen LogP contribution in [0.4, 0.5) is 5.69 Å². The van der Waals surface area contributed by atoms with Gasteiger partial charge in [-0.05, 0) is 12.1 Å². The molecule has 1 rings (SSSR count). The summed E-state index contributed by atoms with van der Waals surface area (Å²) < 4.78 is 5.01. The van der Waals surface area contributed by atoms with Crippen LogP contribution >= 0.6 is 11.6 Å². The molecule has 16 heavy (non-hydrogen) atoms. The molecule has 1 aromatic rings. The molecule has 0 radical (unpaired) electrons. The molecule has 5 heteroatoms. The van der Waals surface area contributed by atoms with Crippen LogP contribution in [0.25, 0.3) is 0 Å². The zero-order valence-corrected chi connectivity index (χ0v) is 9.91. The maximum absolute atomic E-state index is 10.6. The highest BCUT2D eigenvalue weighted by molar-refractivity contribution is 6.33. The van der Waals surface area contributed by atoms with E-state index >= 15 is 0 Å². The number of anilines is 1. The Morgan fingerprint density at radius 1 is 1.62 bits per heavy atom. The SMILES string of the molecule is COc1ccc(NCC(C)C(=O)O)c(Cl)c1. The summed E-state index contributed by atoms with van der Waals surface area (Å²) in [5, 5.41) is 12.2. The first kappa shape index (κ1) is 12.6.